The second-order valence-electron chi connectivity index (χ2n) is 17.4. The third-order valence-electron chi connectivity index (χ3n) is 13.9. The van der Waals surface area contributed by atoms with E-state index in [1.54, 1.807) is 0 Å². The van der Waals surface area contributed by atoms with E-state index in [1.807, 2.05) is 18.2 Å². The molecule has 3 aliphatic carbocycles. The summed E-state index contributed by atoms with van der Waals surface area (Å²) in [5.41, 5.74) is 13.8. The van der Waals surface area contributed by atoms with Crippen molar-refractivity contribution in [2.75, 3.05) is 0 Å². The first-order valence-electron chi connectivity index (χ1n) is 21.2. The molecule has 2 heterocycles. The molecular formula is C55H43N3O. The SMILES string of the molecule is CC1(c2ccc(-c3nc(-c4ccccc4)nc(-c4ccc(-c5ccc6c(c5)C5(c7ccccc7O6)c6ccccc6-c6ccccc65)cc4)n3)cc2)CCCC2CC2C1. The molecule has 0 amide bonds. The Labute approximate surface area is 345 Å². The Morgan fingerprint density at radius 2 is 1.00 bits per heavy atom. The van der Waals surface area contributed by atoms with E-state index in [2.05, 4.69) is 159 Å². The fourth-order valence-electron chi connectivity index (χ4n) is 10.8. The molecule has 12 rings (SSSR count). The summed E-state index contributed by atoms with van der Waals surface area (Å²) in [5.74, 6) is 5.68. The molecule has 0 N–H and O–H groups in total. The molecular weight excluding hydrogens is 719 g/mol. The Morgan fingerprint density at radius 1 is 0.475 bits per heavy atom. The van der Waals surface area contributed by atoms with Gasteiger partial charge in [-0.3, -0.25) is 0 Å². The van der Waals surface area contributed by atoms with Crippen molar-refractivity contribution in [3.05, 3.63) is 198 Å². The fourth-order valence-corrected chi connectivity index (χ4v) is 10.8. The topological polar surface area (TPSA) is 47.9 Å². The van der Waals surface area contributed by atoms with Gasteiger partial charge in [-0.2, -0.15) is 0 Å². The number of fused-ring (bicyclic) bond motifs is 10. The van der Waals surface area contributed by atoms with Gasteiger partial charge in [0.2, 0.25) is 0 Å². The van der Waals surface area contributed by atoms with Crippen molar-refractivity contribution in [3.8, 4) is 67.9 Å². The average Bonchev–Trinajstić information content (AvgIpc) is 4.00. The summed E-state index contributed by atoms with van der Waals surface area (Å²) in [7, 11) is 0. The summed E-state index contributed by atoms with van der Waals surface area (Å²) >= 11 is 0. The van der Waals surface area contributed by atoms with Gasteiger partial charge in [0.15, 0.2) is 17.5 Å². The number of aromatic nitrogens is 3. The predicted octanol–water partition coefficient (Wildman–Crippen LogP) is 13.5. The van der Waals surface area contributed by atoms with Crippen LogP contribution in [0.4, 0.5) is 0 Å². The normalized spacial score (nSPS) is 20.3. The molecule has 3 atom stereocenters. The van der Waals surface area contributed by atoms with E-state index in [9.17, 15) is 0 Å². The molecule has 1 spiro atoms. The molecule has 7 aromatic carbocycles. The molecule has 4 heteroatoms. The lowest BCUT2D eigenvalue weighted by molar-refractivity contribution is 0.387. The van der Waals surface area contributed by atoms with Crippen molar-refractivity contribution < 1.29 is 4.74 Å². The second-order valence-corrected chi connectivity index (χ2v) is 17.4. The summed E-state index contributed by atoms with van der Waals surface area (Å²) in [6.45, 7) is 2.47. The molecule has 8 aromatic rings. The predicted molar refractivity (Wildman–Crippen MR) is 236 cm³/mol. The molecule has 0 bridgehead atoms. The first-order valence-corrected chi connectivity index (χ1v) is 21.2. The zero-order valence-electron chi connectivity index (χ0n) is 33.1. The molecule has 2 saturated carbocycles. The third kappa shape index (κ3) is 5.46. The minimum Gasteiger partial charge on any atom is -0.457 e. The van der Waals surface area contributed by atoms with Gasteiger partial charge in [0, 0.05) is 27.8 Å². The van der Waals surface area contributed by atoms with E-state index in [0.717, 1.165) is 56.7 Å². The van der Waals surface area contributed by atoms with E-state index in [1.165, 1.54) is 65.5 Å². The van der Waals surface area contributed by atoms with Gasteiger partial charge in [-0.15, -0.1) is 0 Å². The van der Waals surface area contributed by atoms with Gasteiger partial charge in [0.05, 0.1) is 5.41 Å². The van der Waals surface area contributed by atoms with Crippen LogP contribution < -0.4 is 4.74 Å². The van der Waals surface area contributed by atoms with E-state index >= 15 is 0 Å². The van der Waals surface area contributed by atoms with E-state index in [4.69, 9.17) is 19.7 Å². The van der Waals surface area contributed by atoms with Crippen molar-refractivity contribution in [2.45, 2.75) is 49.9 Å². The Morgan fingerprint density at radius 3 is 1.68 bits per heavy atom. The summed E-state index contributed by atoms with van der Waals surface area (Å²) in [4.78, 5) is 15.2. The Bertz CT molecular complexity index is 2870. The maximum absolute atomic E-state index is 6.69. The Hall–Kier alpha value is -6.65. The summed E-state index contributed by atoms with van der Waals surface area (Å²) in [6.07, 6.45) is 6.72. The van der Waals surface area contributed by atoms with Gasteiger partial charge in [-0.25, -0.2) is 15.0 Å². The van der Waals surface area contributed by atoms with Crippen LogP contribution in [0.3, 0.4) is 0 Å². The minimum absolute atomic E-state index is 0.234. The molecule has 59 heavy (non-hydrogen) atoms. The number of hydrogen-bond acceptors (Lipinski definition) is 4. The number of para-hydroxylation sites is 1. The smallest absolute Gasteiger partial charge is 0.164 e. The minimum atomic E-state index is -0.506. The van der Waals surface area contributed by atoms with Gasteiger partial charge in [0.25, 0.3) is 0 Å². The quantitative estimate of drug-likeness (QED) is 0.175. The lowest BCUT2D eigenvalue weighted by Crippen LogP contribution is -2.32. The van der Waals surface area contributed by atoms with E-state index in [-0.39, 0.29) is 5.41 Å². The molecule has 4 nitrogen and oxygen atoms in total. The Kier molecular flexibility index (Phi) is 7.69. The van der Waals surface area contributed by atoms with Crippen LogP contribution >= 0.6 is 0 Å². The molecule has 4 aliphatic rings. The van der Waals surface area contributed by atoms with Gasteiger partial charge in [-0.05, 0) is 93.7 Å². The van der Waals surface area contributed by atoms with Crippen LogP contribution in [0.2, 0.25) is 0 Å². The molecule has 284 valence electrons. The van der Waals surface area contributed by atoms with Crippen molar-refractivity contribution in [2.24, 2.45) is 11.8 Å². The first-order chi connectivity index (χ1) is 29.0. The Balaban J connectivity index is 0.930. The highest BCUT2D eigenvalue weighted by molar-refractivity contribution is 5.89. The highest BCUT2D eigenvalue weighted by Gasteiger charge is 2.51. The average molecular weight is 762 g/mol. The van der Waals surface area contributed by atoms with Crippen molar-refractivity contribution in [3.63, 3.8) is 0 Å². The third-order valence-corrected chi connectivity index (χ3v) is 13.9. The molecule has 1 aliphatic heterocycles. The van der Waals surface area contributed by atoms with Crippen molar-refractivity contribution in [1.29, 1.82) is 0 Å². The maximum Gasteiger partial charge on any atom is 0.164 e. The highest BCUT2D eigenvalue weighted by atomic mass is 16.5. The van der Waals surface area contributed by atoms with E-state index < -0.39 is 5.41 Å². The first kappa shape index (κ1) is 34.4. The van der Waals surface area contributed by atoms with Gasteiger partial charge in [-0.1, -0.05) is 171 Å². The molecule has 3 unspecified atom stereocenters. The zero-order chi connectivity index (χ0) is 39.1. The van der Waals surface area contributed by atoms with Gasteiger partial charge in [0.1, 0.15) is 11.5 Å². The number of rotatable bonds is 5. The van der Waals surface area contributed by atoms with Gasteiger partial charge < -0.3 is 4.74 Å². The van der Waals surface area contributed by atoms with Crippen molar-refractivity contribution in [1.82, 2.24) is 15.0 Å². The summed E-state index contributed by atoms with van der Waals surface area (Å²) in [5, 5.41) is 0. The second kappa shape index (κ2) is 13.2. The lowest BCUT2D eigenvalue weighted by Gasteiger charge is -2.39. The molecule has 1 aromatic heterocycles. The lowest BCUT2D eigenvalue weighted by atomic mass is 9.66. The fraction of sp³-hybridized carbons (Fsp3) is 0.182. The summed E-state index contributed by atoms with van der Waals surface area (Å²) < 4.78 is 6.69. The van der Waals surface area contributed by atoms with Crippen LogP contribution in [0.5, 0.6) is 11.5 Å². The number of benzene rings is 7. The molecule has 2 fully saturated rings. The monoisotopic (exact) mass is 761 g/mol. The summed E-state index contributed by atoms with van der Waals surface area (Å²) in [6, 6.07) is 60.9. The highest BCUT2D eigenvalue weighted by Crippen LogP contribution is 2.62. The van der Waals surface area contributed by atoms with Crippen LogP contribution in [0, 0.1) is 11.8 Å². The van der Waals surface area contributed by atoms with Gasteiger partial charge >= 0.3 is 0 Å². The largest absolute Gasteiger partial charge is 0.457 e. The van der Waals surface area contributed by atoms with Crippen LogP contribution in [0.25, 0.3) is 56.4 Å². The standard InChI is InChI=1S/C55H43N3O/c1-54(31-11-14-39-32-41(39)34-54)42-28-25-38(26-29-42)53-57-51(36-12-3-2-4-13-36)56-52(58-53)37-23-21-35(22-24-37)40-27-30-50-48(33-40)55(47-19-9-10-20-49(47)59-50)45-17-7-5-15-43(45)44-16-6-8-18-46(44)55/h2-10,12-13,15-30,33,39,41H,11,14,31-32,34H2,1H3. The van der Waals surface area contributed by atoms with E-state index in [0.29, 0.717) is 17.5 Å². The zero-order valence-corrected chi connectivity index (χ0v) is 33.1. The maximum atomic E-state index is 6.69. The van der Waals surface area contributed by atoms with Crippen molar-refractivity contribution >= 4 is 0 Å². The van der Waals surface area contributed by atoms with Crippen LogP contribution in [0.1, 0.15) is 66.8 Å². The van der Waals surface area contributed by atoms with Crippen LogP contribution in [-0.4, -0.2) is 15.0 Å². The van der Waals surface area contributed by atoms with Crippen LogP contribution in [-0.2, 0) is 10.8 Å². The number of nitrogens with zero attached hydrogens (tertiary/aromatic N) is 3. The molecule has 0 saturated heterocycles. The number of ether oxygens (including phenoxy) is 1. The number of hydrogen-bond donors (Lipinski definition) is 0. The van der Waals surface area contributed by atoms with Crippen LogP contribution in [0.15, 0.2) is 170 Å². The molecule has 0 radical (unpaired) electrons.